The Morgan fingerprint density at radius 2 is 1.59 bits per heavy atom. The highest BCUT2D eigenvalue weighted by Gasteiger charge is 2.24. The molecule has 0 N–H and O–H groups in total. The molecule has 0 unspecified atom stereocenters. The van der Waals surface area contributed by atoms with Crippen molar-refractivity contribution in [3.63, 3.8) is 0 Å². The Bertz CT molecular complexity index is 308. The molecule has 1 saturated heterocycles. The SMILES string of the molecule is CC[C@@H]1C[C@H](CC)CN(Cc2ccccc2)C1. The van der Waals surface area contributed by atoms with E-state index in [1.54, 1.807) is 0 Å². The zero-order valence-corrected chi connectivity index (χ0v) is 11.2. The summed E-state index contributed by atoms with van der Waals surface area (Å²) in [6.45, 7) is 8.39. The van der Waals surface area contributed by atoms with Gasteiger partial charge in [0.05, 0.1) is 0 Å². The Kier molecular flexibility index (Phi) is 4.61. The lowest BCUT2D eigenvalue weighted by Gasteiger charge is -2.37. The van der Waals surface area contributed by atoms with Crippen molar-refractivity contribution in [3.8, 4) is 0 Å². The van der Waals surface area contributed by atoms with Gasteiger partial charge in [0.15, 0.2) is 0 Å². The summed E-state index contributed by atoms with van der Waals surface area (Å²) in [5.41, 5.74) is 1.46. The fraction of sp³-hybridized carbons (Fsp3) is 0.625. The van der Waals surface area contributed by atoms with Crippen LogP contribution in [0.15, 0.2) is 30.3 Å². The maximum atomic E-state index is 2.65. The first-order valence-electron chi connectivity index (χ1n) is 7.08. The van der Waals surface area contributed by atoms with Crippen LogP contribution in [0.1, 0.15) is 38.7 Å². The van der Waals surface area contributed by atoms with Crippen LogP contribution in [0, 0.1) is 11.8 Å². The molecule has 94 valence electrons. The fourth-order valence-electron chi connectivity index (χ4n) is 2.99. The van der Waals surface area contributed by atoms with Crippen molar-refractivity contribution in [2.75, 3.05) is 13.1 Å². The van der Waals surface area contributed by atoms with Crippen LogP contribution in [0.2, 0.25) is 0 Å². The van der Waals surface area contributed by atoms with Crippen LogP contribution in [-0.4, -0.2) is 18.0 Å². The van der Waals surface area contributed by atoms with Crippen LogP contribution in [0.5, 0.6) is 0 Å². The van der Waals surface area contributed by atoms with Gasteiger partial charge in [0.25, 0.3) is 0 Å². The highest BCUT2D eigenvalue weighted by molar-refractivity contribution is 5.14. The predicted octanol–water partition coefficient (Wildman–Crippen LogP) is 3.94. The van der Waals surface area contributed by atoms with E-state index in [0.29, 0.717) is 0 Å². The van der Waals surface area contributed by atoms with Gasteiger partial charge in [0.2, 0.25) is 0 Å². The molecular formula is C16H25N. The first-order valence-corrected chi connectivity index (χ1v) is 7.08. The second-order valence-corrected chi connectivity index (χ2v) is 5.46. The van der Waals surface area contributed by atoms with Gasteiger partial charge in [0.1, 0.15) is 0 Å². The second-order valence-electron chi connectivity index (χ2n) is 5.46. The zero-order valence-electron chi connectivity index (χ0n) is 11.2. The molecule has 0 saturated carbocycles. The molecule has 2 atom stereocenters. The number of benzene rings is 1. The number of hydrogen-bond donors (Lipinski definition) is 0. The van der Waals surface area contributed by atoms with Crippen LogP contribution in [-0.2, 0) is 6.54 Å². The zero-order chi connectivity index (χ0) is 12.1. The van der Waals surface area contributed by atoms with E-state index >= 15 is 0 Å². The number of likely N-dealkylation sites (tertiary alicyclic amines) is 1. The van der Waals surface area contributed by atoms with Crippen LogP contribution in [0.3, 0.4) is 0 Å². The third-order valence-corrected chi connectivity index (χ3v) is 4.10. The minimum absolute atomic E-state index is 0.914. The lowest BCUT2D eigenvalue weighted by Crippen LogP contribution is -2.39. The van der Waals surface area contributed by atoms with Crippen LogP contribution in [0.4, 0.5) is 0 Å². The standard InChI is InChI=1S/C16H25N/c1-3-14-10-15(4-2)12-17(11-14)13-16-8-6-5-7-9-16/h5-9,14-15H,3-4,10-13H2,1-2H3/t14-,15+. The smallest absolute Gasteiger partial charge is 0.0233 e. The summed E-state index contributed by atoms with van der Waals surface area (Å²) in [5, 5.41) is 0. The molecule has 0 spiro atoms. The average Bonchev–Trinajstić information content (AvgIpc) is 2.39. The molecule has 1 fully saturated rings. The van der Waals surface area contributed by atoms with E-state index in [1.807, 2.05) is 0 Å². The van der Waals surface area contributed by atoms with Crippen molar-refractivity contribution in [1.82, 2.24) is 4.90 Å². The van der Waals surface area contributed by atoms with Crippen LogP contribution >= 0.6 is 0 Å². The van der Waals surface area contributed by atoms with Crippen molar-refractivity contribution in [1.29, 1.82) is 0 Å². The Balaban J connectivity index is 1.95. The molecule has 0 radical (unpaired) electrons. The number of piperidine rings is 1. The topological polar surface area (TPSA) is 3.24 Å². The molecule has 17 heavy (non-hydrogen) atoms. The maximum absolute atomic E-state index is 2.65. The number of hydrogen-bond acceptors (Lipinski definition) is 1. The van der Waals surface area contributed by atoms with Gasteiger partial charge < -0.3 is 0 Å². The van der Waals surface area contributed by atoms with Gasteiger partial charge in [-0.1, -0.05) is 57.0 Å². The van der Waals surface area contributed by atoms with E-state index in [2.05, 4.69) is 49.1 Å². The molecule has 1 aliphatic rings. The van der Waals surface area contributed by atoms with E-state index in [0.717, 1.165) is 18.4 Å². The Labute approximate surface area is 106 Å². The fourth-order valence-corrected chi connectivity index (χ4v) is 2.99. The van der Waals surface area contributed by atoms with E-state index < -0.39 is 0 Å². The first kappa shape index (κ1) is 12.6. The van der Waals surface area contributed by atoms with Crippen molar-refractivity contribution >= 4 is 0 Å². The van der Waals surface area contributed by atoms with Gasteiger partial charge in [-0.25, -0.2) is 0 Å². The Morgan fingerprint density at radius 1 is 1.00 bits per heavy atom. The summed E-state index contributed by atoms with van der Waals surface area (Å²) in [5.74, 6) is 1.83. The molecule has 0 bridgehead atoms. The predicted molar refractivity (Wildman–Crippen MR) is 73.9 cm³/mol. The highest BCUT2D eigenvalue weighted by Crippen LogP contribution is 2.27. The van der Waals surface area contributed by atoms with E-state index in [9.17, 15) is 0 Å². The van der Waals surface area contributed by atoms with E-state index in [-0.39, 0.29) is 0 Å². The van der Waals surface area contributed by atoms with Crippen LogP contribution in [0.25, 0.3) is 0 Å². The average molecular weight is 231 g/mol. The molecule has 0 amide bonds. The molecule has 0 aliphatic carbocycles. The normalized spacial score (nSPS) is 26.0. The number of nitrogens with zero attached hydrogens (tertiary/aromatic N) is 1. The van der Waals surface area contributed by atoms with Crippen molar-refractivity contribution in [2.45, 2.75) is 39.7 Å². The molecule has 1 aromatic rings. The Morgan fingerprint density at radius 3 is 2.12 bits per heavy atom. The molecule has 1 heterocycles. The monoisotopic (exact) mass is 231 g/mol. The number of rotatable bonds is 4. The summed E-state index contributed by atoms with van der Waals surface area (Å²) < 4.78 is 0. The minimum atomic E-state index is 0.914. The molecule has 2 rings (SSSR count). The van der Waals surface area contributed by atoms with Crippen molar-refractivity contribution < 1.29 is 0 Å². The van der Waals surface area contributed by atoms with Crippen LogP contribution < -0.4 is 0 Å². The minimum Gasteiger partial charge on any atom is -0.299 e. The second kappa shape index (κ2) is 6.20. The molecule has 1 nitrogen and oxygen atoms in total. The van der Waals surface area contributed by atoms with E-state index in [1.165, 1.54) is 37.9 Å². The van der Waals surface area contributed by atoms with Crippen molar-refractivity contribution in [3.05, 3.63) is 35.9 Å². The molecule has 0 aromatic heterocycles. The summed E-state index contributed by atoms with van der Waals surface area (Å²) in [7, 11) is 0. The largest absolute Gasteiger partial charge is 0.299 e. The molecule has 1 aromatic carbocycles. The first-order chi connectivity index (χ1) is 8.31. The summed E-state index contributed by atoms with van der Waals surface area (Å²) in [4.78, 5) is 2.65. The van der Waals surface area contributed by atoms with Gasteiger partial charge in [-0.3, -0.25) is 4.90 Å². The molecular weight excluding hydrogens is 206 g/mol. The summed E-state index contributed by atoms with van der Waals surface area (Å²) in [6, 6.07) is 10.9. The summed E-state index contributed by atoms with van der Waals surface area (Å²) >= 11 is 0. The van der Waals surface area contributed by atoms with Gasteiger partial charge >= 0.3 is 0 Å². The van der Waals surface area contributed by atoms with Gasteiger partial charge in [-0.15, -0.1) is 0 Å². The van der Waals surface area contributed by atoms with Gasteiger partial charge in [-0.2, -0.15) is 0 Å². The van der Waals surface area contributed by atoms with Crippen molar-refractivity contribution in [2.24, 2.45) is 11.8 Å². The Hall–Kier alpha value is -0.820. The molecule has 1 aliphatic heterocycles. The highest BCUT2D eigenvalue weighted by atomic mass is 15.1. The quantitative estimate of drug-likeness (QED) is 0.758. The molecule has 1 heteroatoms. The van der Waals surface area contributed by atoms with E-state index in [4.69, 9.17) is 0 Å². The third kappa shape index (κ3) is 3.57. The third-order valence-electron chi connectivity index (χ3n) is 4.10. The lowest BCUT2D eigenvalue weighted by atomic mass is 9.86. The van der Waals surface area contributed by atoms with Gasteiger partial charge in [-0.05, 0) is 23.8 Å². The maximum Gasteiger partial charge on any atom is 0.0233 e. The lowest BCUT2D eigenvalue weighted by molar-refractivity contribution is 0.113. The summed E-state index contributed by atoms with van der Waals surface area (Å²) in [6.07, 6.45) is 4.11. The van der Waals surface area contributed by atoms with Gasteiger partial charge in [0, 0.05) is 19.6 Å².